The van der Waals surface area contributed by atoms with Gasteiger partial charge in [-0.1, -0.05) is 13.8 Å². The summed E-state index contributed by atoms with van der Waals surface area (Å²) in [5, 5.41) is 5.78. The summed E-state index contributed by atoms with van der Waals surface area (Å²) in [6.45, 7) is 6.86. The van der Waals surface area contributed by atoms with Crippen molar-refractivity contribution in [3.63, 3.8) is 0 Å². The van der Waals surface area contributed by atoms with Crippen LogP contribution in [0.2, 0.25) is 0 Å². The Balaban J connectivity index is 1.78. The molecule has 1 aliphatic carbocycles. The number of hydrogen-bond donors (Lipinski definition) is 1. The minimum atomic E-state index is 0.390. The van der Waals surface area contributed by atoms with Gasteiger partial charge in [0.05, 0.1) is 10.2 Å². The highest BCUT2D eigenvalue weighted by molar-refractivity contribution is 7.17. The lowest BCUT2D eigenvalue weighted by Crippen LogP contribution is -2.24. The predicted octanol–water partition coefficient (Wildman–Crippen LogP) is 3.75. The average molecular weight is 246 g/mol. The molecule has 2 aromatic heterocycles. The number of nitrogens with zero attached hydrogens (tertiary/aromatic N) is 1. The van der Waals surface area contributed by atoms with Crippen molar-refractivity contribution < 1.29 is 0 Å². The van der Waals surface area contributed by atoms with Crippen LogP contribution in [0.25, 0.3) is 10.2 Å². The van der Waals surface area contributed by atoms with E-state index in [0.717, 1.165) is 5.52 Å². The molecule has 0 saturated heterocycles. The van der Waals surface area contributed by atoms with Gasteiger partial charge in [-0.05, 0) is 41.8 Å². The van der Waals surface area contributed by atoms with E-state index in [1.54, 1.807) is 11.3 Å². The molecular weight excluding hydrogens is 228 g/mol. The molecule has 0 aromatic carbocycles. The van der Waals surface area contributed by atoms with E-state index < -0.39 is 0 Å². The first-order valence-electron chi connectivity index (χ1n) is 6.15. The molecule has 1 fully saturated rings. The van der Waals surface area contributed by atoms with E-state index in [2.05, 4.69) is 48.6 Å². The fraction of sp³-hybridized carbons (Fsp3) is 0.500. The van der Waals surface area contributed by atoms with Crippen LogP contribution >= 0.6 is 11.3 Å². The fourth-order valence-corrected chi connectivity index (χ4v) is 3.04. The highest BCUT2D eigenvalue weighted by Gasteiger charge is 2.45. The highest BCUT2D eigenvalue weighted by atomic mass is 32.1. The standard InChI is InChI=1S/C14H18N2S/c1-9(16-13-7-14(13,2)3)10-6-12-11(15-8-10)4-5-17-12/h4-6,8-9,13,16H,7H2,1-3H3. The fourth-order valence-electron chi connectivity index (χ4n) is 2.25. The molecular formula is C14H18N2S. The van der Waals surface area contributed by atoms with Gasteiger partial charge in [0.25, 0.3) is 0 Å². The van der Waals surface area contributed by atoms with Crippen LogP contribution in [0.15, 0.2) is 23.7 Å². The van der Waals surface area contributed by atoms with E-state index in [0.29, 0.717) is 17.5 Å². The molecule has 3 heteroatoms. The summed E-state index contributed by atoms with van der Waals surface area (Å²) in [6.07, 6.45) is 3.29. The van der Waals surface area contributed by atoms with Crippen LogP contribution < -0.4 is 5.32 Å². The maximum atomic E-state index is 4.50. The zero-order valence-corrected chi connectivity index (χ0v) is 11.3. The molecule has 3 rings (SSSR count). The van der Waals surface area contributed by atoms with Gasteiger partial charge in [-0.2, -0.15) is 0 Å². The Bertz CT molecular complexity index is 544. The van der Waals surface area contributed by atoms with Gasteiger partial charge in [-0.25, -0.2) is 0 Å². The summed E-state index contributed by atoms with van der Waals surface area (Å²) in [7, 11) is 0. The molecule has 1 saturated carbocycles. The lowest BCUT2D eigenvalue weighted by atomic mass is 10.1. The SMILES string of the molecule is CC(NC1CC1(C)C)c1cnc2ccsc2c1. The van der Waals surface area contributed by atoms with Crippen LogP contribution in [0.4, 0.5) is 0 Å². The van der Waals surface area contributed by atoms with Crippen molar-refractivity contribution in [2.24, 2.45) is 5.41 Å². The molecule has 2 atom stereocenters. The molecule has 90 valence electrons. The molecule has 0 amide bonds. The van der Waals surface area contributed by atoms with Crippen LogP contribution in [0, 0.1) is 5.41 Å². The van der Waals surface area contributed by atoms with Crippen molar-refractivity contribution >= 4 is 21.6 Å². The number of fused-ring (bicyclic) bond motifs is 1. The second kappa shape index (κ2) is 3.79. The van der Waals surface area contributed by atoms with E-state index in [1.165, 1.54) is 16.7 Å². The maximum absolute atomic E-state index is 4.50. The zero-order chi connectivity index (χ0) is 12.0. The quantitative estimate of drug-likeness (QED) is 0.892. The maximum Gasteiger partial charge on any atom is 0.0809 e. The Labute approximate surface area is 106 Å². The first-order valence-corrected chi connectivity index (χ1v) is 7.03. The van der Waals surface area contributed by atoms with Crippen LogP contribution in [0.5, 0.6) is 0 Å². The molecule has 0 spiro atoms. The summed E-state index contributed by atoms with van der Waals surface area (Å²) in [5.41, 5.74) is 2.88. The number of nitrogens with one attached hydrogen (secondary N) is 1. The van der Waals surface area contributed by atoms with Gasteiger partial charge in [0, 0.05) is 18.3 Å². The molecule has 2 nitrogen and oxygen atoms in total. The lowest BCUT2D eigenvalue weighted by Gasteiger charge is -2.15. The van der Waals surface area contributed by atoms with Gasteiger partial charge >= 0.3 is 0 Å². The largest absolute Gasteiger partial charge is 0.307 e. The van der Waals surface area contributed by atoms with Crippen molar-refractivity contribution in [3.8, 4) is 0 Å². The molecule has 1 aliphatic rings. The minimum absolute atomic E-state index is 0.390. The summed E-state index contributed by atoms with van der Waals surface area (Å²) in [5.74, 6) is 0. The van der Waals surface area contributed by atoms with Gasteiger partial charge in [-0.15, -0.1) is 11.3 Å². The number of aromatic nitrogens is 1. The number of rotatable bonds is 3. The Morgan fingerprint density at radius 1 is 1.53 bits per heavy atom. The second-order valence-corrected chi connectivity index (χ2v) is 6.65. The van der Waals surface area contributed by atoms with Gasteiger partial charge in [0.15, 0.2) is 0 Å². The smallest absolute Gasteiger partial charge is 0.0809 e. The van der Waals surface area contributed by atoms with Crippen LogP contribution in [0.3, 0.4) is 0 Å². The first kappa shape index (κ1) is 11.2. The number of hydrogen-bond acceptors (Lipinski definition) is 3. The molecule has 2 unspecified atom stereocenters. The van der Waals surface area contributed by atoms with Gasteiger partial charge in [0.2, 0.25) is 0 Å². The van der Waals surface area contributed by atoms with E-state index in [9.17, 15) is 0 Å². The molecule has 0 aliphatic heterocycles. The Kier molecular flexibility index (Phi) is 2.49. The van der Waals surface area contributed by atoms with Crippen molar-refractivity contribution in [3.05, 3.63) is 29.3 Å². The first-order chi connectivity index (χ1) is 8.06. The highest BCUT2D eigenvalue weighted by Crippen LogP contribution is 2.45. The molecule has 1 N–H and O–H groups in total. The van der Waals surface area contributed by atoms with Crippen molar-refractivity contribution in [1.82, 2.24) is 10.3 Å². The third-order valence-corrected chi connectivity index (χ3v) is 4.64. The molecule has 2 heterocycles. The van der Waals surface area contributed by atoms with E-state index in [1.807, 2.05) is 6.20 Å². The topological polar surface area (TPSA) is 24.9 Å². The number of thiophene rings is 1. The molecule has 0 bridgehead atoms. The van der Waals surface area contributed by atoms with E-state index in [-0.39, 0.29) is 0 Å². The minimum Gasteiger partial charge on any atom is -0.307 e. The molecule has 2 aromatic rings. The summed E-state index contributed by atoms with van der Waals surface area (Å²) >= 11 is 1.76. The monoisotopic (exact) mass is 246 g/mol. The average Bonchev–Trinajstić information content (AvgIpc) is 2.74. The van der Waals surface area contributed by atoms with Gasteiger partial charge in [-0.3, -0.25) is 4.98 Å². The van der Waals surface area contributed by atoms with E-state index >= 15 is 0 Å². The third-order valence-electron chi connectivity index (χ3n) is 3.79. The Morgan fingerprint density at radius 2 is 2.29 bits per heavy atom. The second-order valence-electron chi connectivity index (χ2n) is 5.71. The van der Waals surface area contributed by atoms with Crippen LogP contribution in [-0.4, -0.2) is 11.0 Å². The normalized spacial score (nSPS) is 23.8. The zero-order valence-electron chi connectivity index (χ0n) is 10.5. The molecule has 0 radical (unpaired) electrons. The van der Waals surface area contributed by atoms with E-state index in [4.69, 9.17) is 0 Å². The Morgan fingerprint density at radius 3 is 3.00 bits per heavy atom. The van der Waals surface area contributed by atoms with Crippen LogP contribution in [0.1, 0.15) is 38.8 Å². The van der Waals surface area contributed by atoms with Crippen molar-refractivity contribution in [1.29, 1.82) is 0 Å². The van der Waals surface area contributed by atoms with Gasteiger partial charge in [0.1, 0.15) is 0 Å². The summed E-state index contributed by atoms with van der Waals surface area (Å²) < 4.78 is 1.28. The third kappa shape index (κ3) is 2.09. The van der Waals surface area contributed by atoms with Crippen molar-refractivity contribution in [2.75, 3.05) is 0 Å². The molecule has 17 heavy (non-hydrogen) atoms. The van der Waals surface area contributed by atoms with Crippen molar-refractivity contribution in [2.45, 2.75) is 39.3 Å². The summed E-state index contributed by atoms with van der Waals surface area (Å²) in [4.78, 5) is 4.50. The summed E-state index contributed by atoms with van der Waals surface area (Å²) in [6, 6.07) is 5.39. The Hall–Kier alpha value is -0.930. The van der Waals surface area contributed by atoms with Crippen LogP contribution in [-0.2, 0) is 0 Å². The van der Waals surface area contributed by atoms with Gasteiger partial charge < -0.3 is 5.32 Å². The lowest BCUT2D eigenvalue weighted by molar-refractivity contribution is 0.491. The number of pyridine rings is 1. The predicted molar refractivity (Wildman–Crippen MR) is 73.4 cm³/mol.